The summed E-state index contributed by atoms with van der Waals surface area (Å²) in [6.07, 6.45) is -4.66. The smallest absolute Gasteiger partial charge is 0.416 e. The van der Waals surface area contributed by atoms with Crippen LogP contribution in [0.25, 0.3) is 0 Å². The zero-order chi connectivity index (χ0) is 15.1. The second-order valence-corrected chi connectivity index (χ2v) is 2.80. The Hall–Kier alpha value is -0.710. The first-order valence-electron chi connectivity index (χ1n) is 5.90. The van der Waals surface area contributed by atoms with Crippen LogP contribution in [0.2, 0.25) is 0 Å². The number of halogens is 4. The van der Waals surface area contributed by atoms with Crippen molar-refractivity contribution in [2.45, 2.75) is 11.5 Å². The average molecular weight is 274 g/mol. The number of hydrogen-bond donors (Lipinski definition) is 0. The Kier molecular flexibility index (Phi) is 1.80. The van der Waals surface area contributed by atoms with E-state index in [2.05, 4.69) is 20.7 Å². The summed E-state index contributed by atoms with van der Waals surface area (Å²) in [4.78, 5) is 0. The van der Waals surface area contributed by atoms with Crippen LogP contribution in [0.1, 0.15) is 18.0 Å². The number of methoxy groups -OCH3 is 1. The van der Waals surface area contributed by atoms with Crippen molar-refractivity contribution in [2.75, 3.05) is 7.04 Å². The molecule has 0 aliphatic rings. The molecule has 0 saturated carbocycles. The maximum atomic E-state index is 12.5. The standard InChI is InChI=1S/C9H8BrF3O/c1-14-8-3-2-7(9(11,12)13)4-6(8)5-10/h2-4H,5H2,1H3/i1D3,5D2. The molecule has 5 heteroatoms. The maximum Gasteiger partial charge on any atom is 0.416 e. The van der Waals surface area contributed by atoms with Gasteiger partial charge in [-0.25, -0.2) is 0 Å². The minimum absolute atomic E-state index is 0.477. The molecule has 78 valence electrons. The largest absolute Gasteiger partial charge is 0.496 e. The van der Waals surface area contributed by atoms with Crippen LogP contribution in [-0.4, -0.2) is 7.04 Å². The molecule has 0 amide bonds. The summed E-state index contributed by atoms with van der Waals surface area (Å²) in [5, 5.41) is -2.35. The van der Waals surface area contributed by atoms with Gasteiger partial charge in [0, 0.05) is 13.6 Å². The topological polar surface area (TPSA) is 9.23 Å². The summed E-state index contributed by atoms with van der Waals surface area (Å²) in [5.74, 6) is -0.477. The van der Waals surface area contributed by atoms with E-state index in [0.717, 1.165) is 6.07 Å². The van der Waals surface area contributed by atoms with E-state index in [4.69, 9.17) is 6.85 Å². The van der Waals surface area contributed by atoms with Gasteiger partial charge in [-0.2, -0.15) is 13.2 Å². The minimum Gasteiger partial charge on any atom is -0.496 e. The van der Waals surface area contributed by atoms with Crippen molar-refractivity contribution in [3.63, 3.8) is 0 Å². The lowest BCUT2D eigenvalue weighted by molar-refractivity contribution is -0.137. The van der Waals surface area contributed by atoms with Crippen molar-refractivity contribution < 1.29 is 24.8 Å². The molecule has 0 spiro atoms. The SMILES string of the molecule is [2H]C([2H])([2H])Oc1ccc(C(F)(F)F)cc1C([2H])([2H])Br. The third kappa shape index (κ3) is 2.41. The molecule has 0 unspecified atom stereocenters. The van der Waals surface area contributed by atoms with Gasteiger partial charge in [-0.1, -0.05) is 15.9 Å². The van der Waals surface area contributed by atoms with E-state index in [1.54, 1.807) is 0 Å². The number of rotatable bonds is 2. The Balaban J connectivity index is 3.34. The van der Waals surface area contributed by atoms with Gasteiger partial charge in [-0.3, -0.25) is 0 Å². The van der Waals surface area contributed by atoms with Gasteiger partial charge in [0.2, 0.25) is 0 Å². The van der Waals surface area contributed by atoms with Crippen molar-refractivity contribution in [2.24, 2.45) is 0 Å². The molecular formula is C9H8BrF3O. The first-order chi connectivity index (χ1) is 8.31. The Labute approximate surface area is 95.0 Å². The molecule has 0 atom stereocenters. The normalized spacial score (nSPS) is 18.7. The van der Waals surface area contributed by atoms with Gasteiger partial charge in [0.1, 0.15) is 5.75 Å². The highest BCUT2D eigenvalue weighted by atomic mass is 79.9. The lowest BCUT2D eigenvalue weighted by Crippen LogP contribution is -2.05. The predicted octanol–water partition coefficient (Wildman–Crippen LogP) is 3.61. The minimum atomic E-state index is -4.66. The Bertz CT molecular complexity index is 466. The molecule has 0 aliphatic carbocycles. The molecular weight excluding hydrogens is 261 g/mol. The molecule has 1 nitrogen and oxygen atoms in total. The quantitative estimate of drug-likeness (QED) is 0.748. The van der Waals surface area contributed by atoms with E-state index < -0.39 is 35.4 Å². The molecule has 0 saturated heterocycles. The fourth-order valence-electron chi connectivity index (χ4n) is 0.869. The maximum absolute atomic E-state index is 12.5. The van der Waals surface area contributed by atoms with Crippen LogP contribution >= 0.6 is 15.9 Å². The van der Waals surface area contributed by atoms with Gasteiger partial charge >= 0.3 is 6.18 Å². The zero-order valence-electron chi connectivity index (χ0n) is 11.7. The van der Waals surface area contributed by atoms with E-state index in [1.165, 1.54) is 0 Å². The monoisotopic (exact) mass is 273 g/mol. The summed E-state index contributed by atoms with van der Waals surface area (Å²) in [6.45, 7) is 0. The Morgan fingerprint density at radius 3 is 2.79 bits per heavy atom. The van der Waals surface area contributed by atoms with Crippen LogP contribution in [-0.2, 0) is 11.5 Å². The third-order valence-corrected chi connectivity index (χ3v) is 1.95. The zero-order valence-corrected chi connectivity index (χ0v) is 8.24. The molecule has 1 aromatic carbocycles. The van der Waals surface area contributed by atoms with Crippen LogP contribution in [0, 0.1) is 0 Å². The summed E-state index contributed by atoms with van der Waals surface area (Å²) < 4.78 is 77.5. The van der Waals surface area contributed by atoms with Gasteiger partial charge in [0.25, 0.3) is 0 Å². The highest BCUT2D eigenvalue weighted by Crippen LogP contribution is 2.33. The highest BCUT2D eigenvalue weighted by Gasteiger charge is 2.30. The fraction of sp³-hybridized carbons (Fsp3) is 0.333. The summed E-state index contributed by atoms with van der Waals surface area (Å²) in [5.41, 5.74) is -1.64. The molecule has 0 bridgehead atoms. The number of ether oxygens (including phenoxy) is 1. The first-order valence-corrected chi connectivity index (χ1v) is 4.20. The van der Waals surface area contributed by atoms with Crippen LogP contribution in [0.5, 0.6) is 5.75 Å². The van der Waals surface area contributed by atoms with Crippen molar-refractivity contribution >= 4 is 15.9 Å². The van der Waals surface area contributed by atoms with Gasteiger partial charge in [0.15, 0.2) is 0 Å². The number of benzene rings is 1. The second-order valence-electron chi connectivity index (χ2n) is 2.41. The van der Waals surface area contributed by atoms with Crippen LogP contribution < -0.4 is 4.74 Å². The second kappa shape index (κ2) is 4.21. The lowest BCUT2D eigenvalue weighted by Gasteiger charge is -2.10. The Morgan fingerprint density at radius 2 is 2.29 bits per heavy atom. The van der Waals surface area contributed by atoms with Gasteiger partial charge < -0.3 is 4.74 Å². The molecule has 1 rings (SSSR count). The van der Waals surface area contributed by atoms with Gasteiger partial charge in [-0.05, 0) is 18.2 Å². The van der Waals surface area contributed by atoms with E-state index in [0.29, 0.717) is 12.1 Å². The highest BCUT2D eigenvalue weighted by molar-refractivity contribution is 9.08. The molecule has 1 aromatic rings. The fourth-order valence-corrected chi connectivity index (χ4v) is 1.18. The van der Waals surface area contributed by atoms with E-state index in [9.17, 15) is 13.2 Å². The average Bonchev–Trinajstić information content (AvgIpc) is 2.11. The van der Waals surface area contributed by atoms with E-state index in [1.807, 2.05) is 0 Å². The van der Waals surface area contributed by atoms with Crippen LogP contribution in [0.4, 0.5) is 13.2 Å². The van der Waals surface area contributed by atoms with Crippen molar-refractivity contribution in [3.05, 3.63) is 29.3 Å². The number of alkyl halides is 4. The molecule has 0 aromatic heterocycles. The molecule has 0 heterocycles. The molecule has 14 heavy (non-hydrogen) atoms. The van der Waals surface area contributed by atoms with Crippen molar-refractivity contribution in [1.82, 2.24) is 0 Å². The first kappa shape index (κ1) is 6.00. The van der Waals surface area contributed by atoms with Crippen molar-refractivity contribution in [3.8, 4) is 5.75 Å². The van der Waals surface area contributed by atoms with Crippen molar-refractivity contribution in [1.29, 1.82) is 0 Å². The molecule has 0 aliphatic heterocycles. The van der Waals surface area contributed by atoms with Crippen LogP contribution in [0.3, 0.4) is 0 Å². The van der Waals surface area contributed by atoms with E-state index in [-0.39, 0.29) is 0 Å². The summed E-state index contributed by atoms with van der Waals surface area (Å²) in [7, 11) is -2.88. The van der Waals surface area contributed by atoms with Crippen LogP contribution in [0.15, 0.2) is 18.2 Å². The summed E-state index contributed by atoms with van der Waals surface area (Å²) >= 11 is 2.55. The van der Waals surface area contributed by atoms with Gasteiger partial charge in [0.05, 0.1) is 16.7 Å². The van der Waals surface area contributed by atoms with Gasteiger partial charge in [-0.15, -0.1) is 0 Å². The molecule has 0 N–H and O–H groups in total. The lowest BCUT2D eigenvalue weighted by atomic mass is 10.1. The Morgan fingerprint density at radius 1 is 1.57 bits per heavy atom. The third-order valence-electron chi connectivity index (χ3n) is 1.52. The van der Waals surface area contributed by atoms with E-state index >= 15 is 0 Å². The number of hydrogen-bond acceptors (Lipinski definition) is 1. The summed E-state index contributed by atoms with van der Waals surface area (Å²) in [6, 6.07) is 1.92. The predicted molar refractivity (Wildman–Crippen MR) is 50.6 cm³/mol. The molecule has 0 fully saturated rings. The molecule has 0 radical (unpaired) electrons.